The van der Waals surface area contributed by atoms with Crippen molar-refractivity contribution in [2.45, 2.75) is 19.6 Å². The maximum absolute atomic E-state index is 10.0. The standard InChI is InChI=1S/C14H16ClN3O/c1-10-17-7-6-13(18-10)8-16-9-14(19)11-2-4-12(15)5-3-11/h2-7,14,16,19H,8-9H2,1H3. The topological polar surface area (TPSA) is 58.0 Å². The van der Waals surface area contributed by atoms with Gasteiger partial charge in [0.15, 0.2) is 0 Å². The van der Waals surface area contributed by atoms with E-state index in [1.807, 2.05) is 25.1 Å². The fourth-order valence-electron chi connectivity index (χ4n) is 1.74. The molecular formula is C14H16ClN3O. The first-order chi connectivity index (χ1) is 9.15. The van der Waals surface area contributed by atoms with E-state index in [0.717, 1.165) is 17.1 Å². The van der Waals surface area contributed by atoms with E-state index in [0.29, 0.717) is 18.1 Å². The van der Waals surface area contributed by atoms with Gasteiger partial charge in [-0.25, -0.2) is 9.97 Å². The van der Waals surface area contributed by atoms with Crippen LogP contribution in [0.15, 0.2) is 36.5 Å². The van der Waals surface area contributed by atoms with Crippen molar-refractivity contribution < 1.29 is 5.11 Å². The third-order valence-corrected chi connectivity index (χ3v) is 2.98. The molecule has 1 aromatic heterocycles. The first kappa shape index (κ1) is 13.9. The van der Waals surface area contributed by atoms with Crippen molar-refractivity contribution in [3.05, 3.63) is 58.6 Å². The van der Waals surface area contributed by atoms with Crippen molar-refractivity contribution in [2.24, 2.45) is 0 Å². The van der Waals surface area contributed by atoms with Crippen LogP contribution in [0, 0.1) is 6.92 Å². The molecule has 0 saturated heterocycles. The largest absolute Gasteiger partial charge is 0.387 e. The van der Waals surface area contributed by atoms with Crippen LogP contribution >= 0.6 is 11.6 Å². The highest BCUT2D eigenvalue weighted by atomic mass is 35.5. The summed E-state index contributed by atoms with van der Waals surface area (Å²) in [6.07, 6.45) is 1.18. The third kappa shape index (κ3) is 4.28. The van der Waals surface area contributed by atoms with E-state index in [1.165, 1.54) is 0 Å². The lowest BCUT2D eigenvalue weighted by Gasteiger charge is -2.12. The quantitative estimate of drug-likeness (QED) is 0.880. The monoisotopic (exact) mass is 277 g/mol. The molecule has 0 aliphatic heterocycles. The molecule has 1 unspecified atom stereocenters. The maximum atomic E-state index is 10.0. The van der Waals surface area contributed by atoms with Crippen LogP contribution in [0.25, 0.3) is 0 Å². The first-order valence-electron chi connectivity index (χ1n) is 6.08. The Morgan fingerprint density at radius 3 is 2.68 bits per heavy atom. The van der Waals surface area contributed by atoms with Gasteiger partial charge >= 0.3 is 0 Å². The Balaban J connectivity index is 1.84. The molecule has 0 fully saturated rings. The Hall–Kier alpha value is -1.49. The maximum Gasteiger partial charge on any atom is 0.125 e. The van der Waals surface area contributed by atoms with E-state index < -0.39 is 6.10 Å². The van der Waals surface area contributed by atoms with Crippen molar-refractivity contribution in [1.29, 1.82) is 0 Å². The number of hydrogen-bond donors (Lipinski definition) is 2. The molecule has 0 radical (unpaired) electrons. The number of hydrogen-bond acceptors (Lipinski definition) is 4. The summed E-state index contributed by atoms with van der Waals surface area (Å²) in [5.41, 5.74) is 1.76. The zero-order valence-corrected chi connectivity index (χ0v) is 11.4. The number of aryl methyl sites for hydroxylation is 1. The molecule has 2 N–H and O–H groups in total. The molecule has 2 rings (SSSR count). The number of nitrogens with one attached hydrogen (secondary N) is 1. The Bertz CT molecular complexity index is 530. The van der Waals surface area contributed by atoms with Crippen LogP contribution in [0.4, 0.5) is 0 Å². The minimum Gasteiger partial charge on any atom is -0.387 e. The van der Waals surface area contributed by atoms with Crippen molar-refractivity contribution in [3.63, 3.8) is 0 Å². The number of aliphatic hydroxyl groups is 1. The summed E-state index contributed by atoms with van der Waals surface area (Å²) in [5.74, 6) is 0.748. The summed E-state index contributed by atoms with van der Waals surface area (Å²) in [6.45, 7) is 2.92. The molecule has 5 heteroatoms. The molecular weight excluding hydrogens is 262 g/mol. The molecule has 2 aromatic rings. The summed E-state index contributed by atoms with van der Waals surface area (Å²) in [6, 6.07) is 9.05. The summed E-state index contributed by atoms with van der Waals surface area (Å²) >= 11 is 5.80. The van der Waals surface area contributed by atoms with Crippen LogP contribution in [0.5, 0.6) is 0 Å². The van der Waals surface area contributed by atoms with E-state index in [1.54, 1.807) is 18.3 Å². The highest BCUT2D eigenvalue weighted by Crippen LogP contribution is 2.15. The first-order valence-corrected chi connectivity index (χ1v) is 6.46. The van der Waals surface area contributed by atoms with Crippen LogP contribution < -0.4 is 5.32 Å². The normalized spacial score (nSPS) is 12.4. The van der Waals surface area contributed by atoms with Crippen molar-refractivity contribution in [2.75, 3.05) is 6.54 Å². The fraction of sp³-hybridized carbons (Fsp3) is 0.286. The van der Waals surface area contributed by atoms with Crippen molar-refractivity contribution >= 4 is 11.6 Å². The van der Waals surface area contributed by atoms with Gasteiger partial charge < -0.3 is 10.4 Å². The molecule has 1 atom stereocenters. The number of aromatic nitrogens is 2. The van der Waals surface area contributed by atoms with Crippen LogP contribution in [-0.2, 0) is 6.54 Å². The molecule has 0 aliphatic carbocycles. The van der Waals surface area contributed by atoms with Gasteiger partial charge in [0.2, 0.25) is 0 Å². The predicted molar refractivity (Wildman–Crippen MR) is 74.9 cm³/mol. The summed E-state index contributed by atoms with van der Waals surface area (Å²) in [7, 11) is 0. The number of rotatable bonds is 5. The molecule has 0 amide bonds. The number of aliphatic hydroxyl groups excluding tert-OH is 1. The smallest absolute Gasteiger partial charge is 0.125 e. The van der Waals surface area contributed by atoms with Gasteiger partial charge in [0.1, 0.15) is 5.82 Å². The van der Waals surface area contributed by atoms with E-state index in [4.69, 9.17) is 11.6 Å². The van der Waals surface area contributed by atoms with Crippen LogP contribution in [0.3, 0.4) is 0 Å². The van der Waals surface area contributed by atoms with Crippen molar-refractivity contribution in [3.8, 4) is 0 Å². The SMILES string of the molecule is Cc1nccc(CNCC(O)c2ccc(Cl)cc2)n1. The molecule has 1 aromatic carbocycles. The molecule has 1 heterocycles. The second kappa shape index (κ2) is 6.61. The predicted octanol–water partition coefficient (Wildman–Crippen LogP) is 2.26. The summed E-state index contributed by atoms with van der Waals surface area (Å²) in [5, 5.41) is 13.8. The average Bonchev–Trinajstić information content (AvgIpc) is 2.39. The van der Waals surface area contributed by atoms with Gasteiger partial charge in [-0.2, -0.15) is 0 Å². The lowest BCUT2D eigenvalue weighted by atomic mass is 10.1. The summed E-state index contributed by atoms with van der Waals surface area (Å²) in [4.78, 5) is 8.32. The Kier molecular flexibility index (Phi) is 4.85. The van der Waals surface area contributed by atoms with E-state index in [-0.39, 0.29) is 0 Å². The lowest BCUT2D eigenvalue weighted by Crippen LogP contribution is -2.21. The number of halogens is 1. The zero-order valence-electron chi connectivity index (χ0n) is 10.7. The van der Waals surface area contributed by atoms with Gasteiger partial charge in [-0.15, -0.1) is 0 Å². The van der Waals surface area contributed by atoms with Crippen LogP contribution in [0.2, 0.25) is 5.02 Å². The minimum atomic E-state index is -0.555. The molecule has 0 bridgehead atoms. The fourth-order valence-corrected chi connectivity index (χ4v) is 1.87. The molecule has 0 spiro atoms. The lowest BCUT2D eigenvalue weighted by molar-refractivity contribution is 0.174. The van der Waals surface area contributed by atoms with Gasteiger partial charge in [-0.3, -0.25) is 0 Å². The molecule has 4 nitrogen and oxygen atoms in total. The molecule has 19 heavy (non-hydrogen) atoms. The average molecular weight is 278 g/mol. The zero-order chi connectivity index (χ0) is 13.7. The number of benzene rings is 1. The Morgan fingerprint density at radius 1 is 1.26 bits per heavy atom. The second-order valence-electron chi connectivity index (χ2n) is 4.29. The van der Waals surface area contributed by atoms with Gasteiger partial charge in [0.05, 0.1) is 11.8 Å². The third-order valence-electron chi connectivity index (χ3n) is 2.73. The van der Waals surface area contributed by atoms with Crippen molar-refractivity contribution in [1.82, 2.24) is 15.3 Å². The van der Waals surface area contributed by atoms with Crippen LogP contribution in [0.1, 0.15) is 23.2 Å². The second-order valence-corrected chi connectivity index (χ2v) is 4.73. The van der Waals surface area contributed by atoms with Gasteiger partial charge in [-0.1, -0.05) is 23.7 Å². The highest BCUT2D eigenvalue weighted by Gasteiger charge is 2.06. The Labute approximate surface area is 117 Å². The van der Waals surface area contributed by atoms with E-state index in [9.17, 15) is 5.11 Å². The minimum absolute atomic E-state index is 0.463. The molecule has 0 saturated carbocycles. The Morgan fingerprint density at radius 2 is 2.00 bits per heavy atom. The number of nitrogens with zero attached hydrogens (tertiary/aromatic N) is 2. The van der Waals surface area contributed by atoms with Gasteiger partial charge in [0, 0.05) is 24.3 Å². The van der Waals surface area contributed by atoms with E-state index in [2.05, 4.69) is 15.3 Å². The summed E-state index contributed by atoms with van der Waals surface area (Å²) < 4.78 is 0. The van der Waals surface area contributed by atoms with Crippen LogP contribution in [-0.4, -0.2) is 21.6 Å². The van der Waals surface area contributed by atoms with Gasteiger partial charge in [-0.05, 0) is 30.7 Å². The highest BCUT2D eigenvalue weighted by molar-refractivity contribution is 6.30. The van der Waals surface area contributed by atoms with E-state index >= 15 is 0 Å². The van der Waals surface area contributed by atoms with Gasteiger partial charge in [0.25, 0.3) is 0 Å². The molecule has 100 valence electrons. The molecule has 0 aliphatic rings.